The summed E-state index contributed by atoms with van der Waals surface area (Å²) >= 11 is 0. The molecule has 0 fully saturated rings. The van der Waals surface area contributed by atoms with E-state index in [2.05, 4.69) is 64.2 Å². The van der Waals surface area contributed by atoms with Crippen LogP contribution in [0.5, 0.6) is 0 Å². The van der Waals surface area contributed by atoms with Crippen molar-refractivity contribution < 1.29 is 4.79 Å². The molecule has 2 aromatic rings. The Morgan fingerprint density at radius 3 is 2.24 bits per heavy atom. The summed E-state index contributed by atoms with van der Waals surface area (Å²) in [6.07, 6.45) is 1.63. The summed E-state index contributed by atoms with van der Waals surface area (Å²) in [5.74, 6) is 0.0869. The minimum absolute atomic E-state index is 0.0307. The molecular formula is C21H28N2O2. The van der Waals surface area contributed by atoms with E-state index in [1.54, 1.807) is 18.3 Å². The molecule has 1 amide bonds. The average molecular weight is 340 g/mol. The Morgan fingerprint density at radius 1 is 1.08 bits per heavy atom. The molecular weight excluding hydrogens is 312 g/mol. The standard InChI is InChI=1S/C21H28N2O2/c1-15(2)20(16-9-11-17(12-10-16)21(3,4)5)22-18(24)14-23-13-7-6-8-19(23)25/h6-13,15,20H,14H2,1-5H3,(H,22,24). The average Bonchev–Trinajstić information content (AvgIpc) is 2.54. The van der Waals surface area contributed by atoms with Crippen molar-refractivity contribution in [3.05, 3.63) is 70.1 Å². The van der Waals surface area contributed by atoms with Gasteiger partial charge in [0.2, 0.25) is 5.91 Å². The summed E-state index contributed by atoms with van der Waals surface area (Å²) < 4.78 is 1.41. The Balaban J connectivity index is 2.14. The van der Waals surface area contributed by atoms with Crippen molar-refractivity contribution in [2.75, 3.05) is 0 Å². The predicted molar refractivity (Wildman–Crippen MR) is 102 cm³/mol. The lowest BCUT2D eigenvalue weighted by atomic mass is 9.85. The van der Waals surface area contributed by atoms with Crippen LogP contribution in [0.25, 0.3) is 0 Å². The fourth-order valence-electron chi connectivity index (χ4n) is 2.79. The molecule has 1 aromatic carbocycles. The van der Waals surface area contributed by atoms with E-state index in [0.29, 0.717) is 0 Å². The van der Waals surface area contributed by atoms with Gasteiger partial charge in [0.25, 0.3) is 5.56 Å². The lowest BCUT2D eigenvalue weighted by molar-refractivity contribution is -0.122. The first-order valence-electron chi connectivity index (χ1n) is 8.74. The summed E-state index contributed by atoms with van der Waals surface area (Å²) in [5.41, 5.74) is 2.27. The van der Waals surface area contributed by atoms with E-state index in [0.717, 1.165) is 5.56 Å². The van der Waals surface area contributed by atoms with Crippen LogP contribution in [0.3, 0.4) is 0 Å². The second-order valence-electron chi connectivity index (χ2n) is 7.83. The van der Waals surface area contributed by atoms with Gasteiger partial charge < -0.3 is 9.88 Å². The fraction of sp³-hybridized carbons (Fsp3) is 0.429. The van der Waals surface area contributed by atoms with Crippen LogP contribution in [0.2, 0.25) is 0 Å². The van der Waals surface area contributed by atoms with Gasteiger partial charge in [0.05, 0.1) is 6.04 Å². The number of hydrogen-bond donors (Lipinski definition) is 1. The molecule has 1 unspecified atom stereocenters. The van der Waals surface area contributed by atoms with Crippen LogP contribution in [0.1, 0.15) is 51.8 Å². The van der Waals surface area contributed by atoms with Crippen LogP contribution in [-0.4, -0.2) is 10.5 Å². The molecule has 0 aliphatic carbocycles. The molecule has 1 aromatic heterocycles. The van der Waals surface area contributed by atoms with Gasteiger partial charge in [0.1, 0.15) is 6.54 Å². The first-order valence-corrected chi connectivity index (χ1v) is 8.74. The zero-order chi connectivity index (χ0) is 18.6. The summed E-state index contributed by atoms with van der Waals surface area (Å²) in [6.45, 7) is 10.7. The second-order valence-corrected chi connectivity index (χ2v) is 7.83. The van der Waals surface area contributed by atoms with E-state index >= 15 is 0 Å². The highest BCUT2D eigenvalue weighted by molar-refractivity contribution is 5.76. The van der Waals surface area contributed by atoms with E-state index in [4.69, 9.17) is 0 Å². The van der Waals surface area contributed by atoms with E-state index in [1.165, 1.54) is 16.2 Å². The van der Waals surface area contributed by atoms with Crippen LogP contribution in [0, 0.1) is 5.92 Å². The molecule has 0 spiro atoms. The molecule has 0 saturated heterocycles. The highest BCUT2D eigenvalue weighted by atomic mass is 16.2. The molecule has 4 heteroatoms. The Bertz CT molecular complexity index is 767. The Morgan fingerprint density at radius 2 is 1.72 bits per heavy atom. The maximum Gasteiger partial charge on any atom is 0.250 e. The fourth-order valence-corrected chi connectivity index (χ4v) is 2.79. The normalized spacial score (nSPS) is 12.9. The van der Waals surface area contributed by atoms with Crippen molar-refractivity contribution in [3.63, 3.8) is 0 Å². The van der Waals surface area contributed by atoms with Crippen LogP contribution >= 0.6 is 0 Å². The van der Waals surface area contributed by atoms with Gasteiger partial charge in [-0.05, 0) is 28.5 Å². The monoisotopic (exact) mass is 340 g/mol. The number of carbonyl (C=O) groups excluding carboxylic acids is 1. The minimum Gasteiger partial charge on any atom is -0.347 e. The smallest absolute Gasteiger partial charge is 0.250 e. The molecule has 0 bridgehead atoms. The predicted octanol–water partition coefficient (Wildman–Crippen LogP) is 3.66. The van der Waals surface area contributed by atoms with Crippen molar-refractivity contribution in [3.8, 4) is 0 Å². The molecule has 1 atom stereocenters. The lowest BCUT2D eigenvalue weighted by Gasteiger charge is -2.25. The minimum atomic E-state index is -0.173. The van der Waals surface area contributed by atoms with Gasteiger partial charge in [0, 0.05) is 12.3 Å². The number of aromatic nitrogens is 1. The number of rotatable bonds is 5. The highest BCUT2D eigenvalue weighted by Crippen LogP contribution is 2.26. The van der Waals surface area contributed by atoms with E-state index < -0.39 is 0 Å². The third kappa shape index (κ3) is 5.05. The molecule has 0 radical (unpaired) electrons. The number of nitrogens with one attached hydrogen (secondary N) is 1. The summed E-state index contributed by atoms with van der Waals surface area (Å²) in [6, 6.07) is 13.2. The number of nitrogens with zero attached hydrogens (tertiary/aromatic N) is 1. The lowest BCUT2D eigenvalue weighted by Crippen LogP contribution is -2.36. The summed E-state index contributed by atoms with van der Waals surface area (Å²) in [4.78, 5) is 24.2. The van der Waals surface area contributed by atoms with Crippen molar-refractivity contribution in [1.29, 1.82) is 0 Å². The second kappa shape index (κ2) is 7.68. The highest BCUT2D eigenvalue weighted by Gasteiger charge is 2.20. The molecule has 0 aliphatic heterocycles. The number of pyridine rings is 1. The molecule has 2 rings (SSSR count). The first-order chi connectivity index (χ1) is 11.7. The van der Waals surface area contributed by atoms with Gasteiger partial charge >= 0.3 is 0 Å². The SMILES string of the molecule is CC(C)C(NC(=O)Cn1ccccc1=O)c1ccc(C(C)(C)C)cc1. The van der Waals surface area contributed by atoms with Crippen molar-refractivity contribution in [2.24, 2.45) is 5.92 Å². The number of benzene rings is 1. The first kappa shape index (κ1) is 19.0. The molecule has 0 aliphatic rings. The van der Waals surface area contributed by atoms with Crippen molar-refractivity contribution in [1.82, 2.24) is 9.88 Å². The van der Waals surface area contributed by atoms with E-state index in [1.807, 2.05) is 0 Å². The Kier molecular flexibility index (Phi) is 5.83. The van der Waals surface area contributed by atoms with Gasteiger partial charge in [-0.1, -0.05) is 65.0 Å². The maximum absolute atomic E-state index is 12.4. The van der Waals surface area contributed by atoms with Gasteiger partial charge in [-0.2, -0.15) is 0 Å². The summed E-state index contributed by atoms with van der Waals surface area (Å²) in [5, 5.41) is 3.07. The topological polar surface area (TPSA) is 51.1 Å². The van der Waals surface area contributed by atoms with Crippen LogP contribution < -0.4 is 10.9 Å². The maximum atomic E-state index is 12.4. The Labute approximate surface area is 149 Å². The molecule has 1 heterocycles. The largest absolute Gasteiger partial charge is 0.347 e. The zero-order valence-corrected chi connectivity index (χ0v) is 15.7. The van der Waals surface area contributed by atoms with Crippen LogP contribution in [0.15, 0.2) is 53.5 Å². The third-order valence-corrected chi connectivity index (χ3v) is 4.33. The van der Waals surface area contributed by atoms with Gasteiger partial charge in [-0.15, -0.1) is 0 Å². The molecule has 134 valence electrons. The van der Waals surface area contributed by atoms with Gasteiger partial charge in [0.15, 0.2) is 0 Å². The zero-order valence-electron chi connectivity index (χ0n) is 15.7. The number of amides is 1. The summed E-state index contributed by atoms with van der Waals surface area (Å²) in [7, 11) is 0. The van der Waals surface area contributed by atoms with Crippen molar-refractivity contribution >= 4 is 5.91 Å². The Hall–Kier alpha value is -2.36. The quantitative estimate of drug-likeness (QED) is 0.903. The van der Waals surface area contributed by atoms with Crippen molar-refractivity contribution in [2.45, 2.75) is 52.6 Å². The number of hydrogen-bond acceptors (Lipinski definition) is 2. The van der Waals surface area contributed by atoms with E-state index in [9.17, 15) is 9.59 Å². The molecule has 4 nitrogen and oxygen atoms in total. The van der Waals surface area contributed by atoms with Gasteiger partial charge in [-0.25, -0.2) is 0 Å². The van der Waals surface area contributed by atoms with Crippen LogP contribution in [0.4, 0.5) is 0 Å². The molecule has 1 N–H and O–H groups in total. The molecule has 0 saturated carbocycles. The van der Waals surface area contributed by atoms with Gasteiger partial charge in [-0.3, -0.25) is 9.59 Å². The van der Waals surface area contributed by atoms with E-state index in [-0.39, 0.29) is 35.4 Å². The third-order valence-electron chi connectivity index (χ3n) is 4.33. The number of carbonyl (C=O) groups is 1. The molecule has 25 heavy (non-hydrogen) atoms. The van der Waals surface area contributed by atoms with Crippen LogP contribution in [-0.2, 0) is 16.8 Å².